The molecule has 0 amide bonds. The van der Waals surface area contributed by atoms with Gasteiger partial charge in [0.05, 0.1) is 17.5 Å². The SMILES string of the molecule is COC(=O)Cn1c(=O)oc2cc(S(=O)(=O)NCc3cccnc3)ccc21. The molecule has 0 atom stereocenters. The minimum atomic E-state index is -3.82. The van der Waals surface area contributed by atoms with E-state index in [9.17, 15) is 18.0 Å². The Bertz CT molecular complexity index is 1100. The van der Waals surface area contributed by atoms with Crippen LogP contribution in [-0.2, 0) is 32.6 Å². The van der Waals surface area contributed by atoms with Crippen molar-refractivity contribution in [3.05, 3.63) is 58.8 Å². The highest BCUT2D eigenvalue weighted by atomic mass is 32.2. The summed E-state index contributed by atoms with van der Waals surface area (Å²) in [6.07, 6.45) is 3.14. The van der Waals surface area contributed by atoms with E-state index in [0.717, 1.165) is 4.57 Å². The van der Waals surface area contributed by atoms with E-state index in [1.54, 1.807) is 24.5 Å². The molecule has 0 aliphatic heterocycles. The van der Waals surface area contributed by atoms with Gasteiger partial charge in [-0.05, 0) is 23.8 Å². The number of sulfonamides is 1. The summed E-state index contributed by atoms with van der Waals surface area (Å²) in [5.41, 5.74) is 1.06. The molecule has 2 heterocycles. The Hall–Kier alpha value is -2.98. The molecule has 136 valence electrons. The topological polar surface area (TPSA) is 120 Å². The van der Waals surface area contributed by atoms with E-state index in [0.29, 0.717) is 11.1 Å². The monoisotopic (exact) mass is 377 g/mol. The van der Waals surface area contributed by atoms with Crippen molar-refractivity contribution in [2.24, 2.45) is 0 Å². The van der Waals surface area contributed by atoms with Gasteiger partial charge in [-0.25, -0.2) is 17.9 Å². The zero-order valence-electron chi connectivity index (χ0n) is 13.7. The third-order valence-corrected chi connectivity index (χ3v) is 5.05. The van der Waals surface area contributed by atoms with Crippen LogP contribution < -0.4 is 10.5 Å². The molecule has 1 aromatic carbocycles. The number of rotatable bonds is 6. The molecule has 9 nitrogen and oxygen atoms in total. The molecule has 0 unspecified atom stereocenters. The van der Waals surface area contributed by atoms with E-state index in [1.807, 2.05) is 0 Å². The number of pyridine rings is 1. The number of nitrogens with one attached hydrogen (secondary N) is 1. The lowest BCUT2D eigenvalue weighted by molar-refractivity contribution is -0.141. The fourth-order valence-electron chi connectivity index (χ4n) is 2.32. The number of aromatic nitrogens is 2. The van der Waals surface area contributed by atoms with Crippen molar-refractivity contribution in [2.75, 3.05) is 7.11 Å². The Labute approximate surface area is 148 Å². The van der Waals surface area contributed by atoms with Crippen LogP contribution in [0.3, 0.4) is 0 Å². The number of methoxy groups -OCH3 is 1. The van der Waals surface area contributed by atoms with Crippen LogP contribution in [0.15, 0.2) is 56.8 Å². The predicted octanol–water partition coefficient (Wildman–Crippen LogP) is 0.641. The van der Waals surface area contributed by atoms with E-state index in [4.69, 9.17) is 4.42 Å². The number of ether oxygens (including phenoxy) is 1. The van der Waals surface area contributed by atoms with Gasteiger partial charge in [-0.15, -0.1) is 0 Å². The lowest BCUT2D eigenvalue weighted by Crippen LogP contribution is -2.23. The highest BCUT2D eigenvalue weighted by Crippen LogP contribution is 2.19. The van der Waals surface area contributed by atoms with Crippen LogP contribution in [-0.4, -0.2) is 31.0 Å². The number of hydrogen-bond acceptors (Lipinski definition) is 7. The summed E-state index contributed by atoms with van der Waals surface area (Å²) in [5.74, 6) is -1.40. The summed E-state index contributed by atoms with van der Waals surface area (Å²) in [7, 11) is -2.62. The summed E-state index contributed by atoms with van der Waals surface area (Å²) < 4.78 is 38.0. The molecule has 1 N–H and O–H groups in total. The number of carbonyl (C=O) groups is 1. The summed E-state index contributed by atoms with van der Waals surface area (Å²) in [5, 5.41) is 0. The smallest absolute Gasteiger partial charge is 0.420 e. The highest BCUT2D eigenvalue weighted by molar-refractivity contribution is 7.89. The average molecular weight is 377 g/mol. The van der Waals surface area contributed by atoms with Crippen molar-refractivity contribution in [3.63, 3.8) is 0 Å². The Morgan fingerprint density at radius 1 is 1.35 bits per heavy atom. The van der Waals surface area contributed by atoms with Gasteiger partial charge in [0.25, 0.3) is 0 Å². The van der Waals surface area contributed by atoms with Gasteiger partial charge in [-0.3, -0.25) is 14.3 Å². The van der Waals surface area contributed by atoms with Gasteiger partial charge < -0.3 is 9.15 Å². The fraction of sp³-hybridized carbons (Fsp3) is 0.188. The van der Waals surface area contributed by atoms with Crippen LogP contribution in [0.2, 0.25) is 0 Å². The number of esters is 1. The molecule has 0 saturated carbocycles. The summed E-state index contributed by atoms with van der Waals surface area (Å²) in [6, 6.07) is 7.41. The zero-order chi connectivity index (χ0) is 18.7. The van der Waals surface area contributed by atoms with Crippen molar-refractivity contribution in [2.45, 2.75) is 18.0 Å². The van der Waals surface area contributed by atoms with Crippen LogP contribution in [0.4, 0.5) is 0 Å². The van der Waals surface area contributed by atoms with Gasteiger partial charge in [0.2, 0.25) is 10.0 Å². The number of nitrogens with zero attached hydrogens (tertiary/aromatic N) is 2. The number of benzene rings is 1. The van der Waals surface area contributed by atoms with Gasteiger partial charge in [0.15, 0.2) is 5.58 Å². The van der Waals surface area contributed by atoms with E-state index in [-0.39, 0.29) is 23.6 Å². The maximum absolute atomic E-state index is 12.4. The van der Waals surface area contributed by atoms with Gasteiger partial charge >= 0.3 is 11.7 Å². The first-order valence-corrected chi connectivity index (χ1v) is 8.98. The predicted molar refractivity (Wildman–Crippen MR) is 90.8 cm³/mol. The minimum absolute atomic E-state index is 0.0585. The molecule has 26 heavy (non-hydrogen) atoms. The van der Waals surface area contributed by atoms with Crippen molar-refractivity contribution >= 4 is 27.1 Å². The largest absolute Gasteiger partial charge is 0.468 e. The van der Waals surface area contributed by atoms with E-state index >= 15 is 0 Å². The molecule has 3 aromatic rings. The van der Waals surface area contributed by atoms with Crippen molar-refractivity contribution in [3.8, 4) is 0 Å². The van der Waals surface area contributed by atoms with Crippen LogP contribution in [0.25, 0.3) is 11.1 Å². The van der Waals surface area contributed by atoms with Gasteiger partial charge in [0.1, 0.15) is 6.54 Å². The van der Waals surface area contributed by atoms with Gasteiger partial charge in [-0.1, -0.05) is 6.07 Å². The van der Waals surface area contributed by atoms with Crippen molar-refractivity contribution < 1.29 is 22.4 Å². The van der Waals surface area contributed by atoms with Crippen LogP contribution in [0.1, 0.15) is 5.56 Å². The van der Waals surface area contributed by atoms with Gasteiger partial charge in [0, 0.05) is 25.0 Å². The molecular weight excluding hydrogens is 362 g/mol. The van der Waals surface area contributed by atoms with E-state index < -0.39 is 21.7 Å². The first-order valence-electron chi connectivity index (χ1n) is 7.49. The second-order valence-corrected chi connectivity index (χ2v) is 7.11. The first kappa shape index (κ1) is 17.8. The van der Waals surface area contributed by atoms with Gasteiger partial charge in [-0.2, -0.15) is 0 Å². The summed E-state index contributed by atoms with van der Waals surface area (Å²) in [4.78, 5) is 27.1. The maximum atomic E-state index is 12.4. The highest BCUT2D eigenvalue weighted by Gasteiger charge is 2.18. The van der Waals surface area contributed by atoms with Crippen molar-refractivity contribution in [1.82, 2.24) is 14.3 Å². The zero-order valence-corrected chi connectivity index (χ0v) is 14.5. The molecule has 0 spiro atoms. The Balaban J connectivity index is 1.88. The molecule has 0 saturated heterocycles. The Morgan fingerprint density at radius 3 is 2.85 bits per heavy atom. The average Bonchev–Trinajstić information content (AvgIpc) is 2.95. The minimum Gasteiger partial charge on any atom is -0.468 e. The third-order valence-electron chi connectivity index (χ3n) is 3.65. The van der Waals surface area contributed by atoms with Crippen LogP contribution >= 0.6 is 0 Å². The van der Waals surface area contributed by atoms with Crippen LogP contribution in [0.5, 0.6) is 0 Å². The molecule has 0 fully saturated rings. The molecule has 3 rings (SSSR count). The molecule has 0 aliphatic carbocycles. The standard InChI is InChI=1S/C16H15N3O6S/c1-24-15(20)10-19-13-5-4-12(7-14(13)25-16(19)21)26(22,23)18-9-11-3-2-6-17-8-11/h2-8,18H,9-10H2,1H3. The number of hydrogen-bond donors (Lipinski definition) is 1. The molecule has 0 radical (unpaired) electrons. The fourth-order valence-corrected chi connectivity index (χ4v) is 3.35. The molecule has 10 heteroatoms. The lowest BCUT2D eigenvalue weighted by Gasteiger charge is -2.07. The lowest BCUT2D eigenvalue weighted by atomic mass is 10.3. The van der Waals surface area contributed by atoms with E-state index in [1.165, 1.54) is 25.3 Å². The molecule has 0 aliphatic rings. The second kappa shape index (κ2) is 7.10. The van der Waals surface area contributed by atoms with E-state index in [2.05, 4.69) is 14.4 Å². The second-order valence-electron chi connectivity index (χ2n) is 5.35. The number of fused-ring (bicyclic) bond motifs is 1. The summed E-state index contributed by atoms with van der Waals surface area (Å²) in [6.45, 7) is -0.255. The quantitative estimate of drug-likeness (QED) is 0.626. The Kier molecular flexibility index (Phi) is 4.87. The normalized spacial score (nSPS) is 11.6. The molecular formula is C16H15N3O6S. The molecule has 0 bridgehead atoms. The third kappa shape index (κ3) is 3.65. The number of oxazole rings is 1. The molecule has 2 aromatic heterocycles. The van der Waals surface area contributed by atoms with Crippen LogP contribution in [0, 0.1) is 0 Å². The Morgan fingerprint density at radius 2 is 2.15 bits per heavy atom. The first-order chi connectivity index (χ1) is 12.4. The maximum Gasteiger partial charge on any atom is 0.420 e. The summed E-state index contributed by atoms with van der Waals surface area (Å²) >= 11 is 0. The van der Waals surface area contributed by atoms with Crippen molar-refractivity contribution in [1.29, 1.82) is 0 Å². The number of carbonyl (C=O) groups excluding carboxylic acids is 1.